The number of guanidine groups is 1. The predicted octanol–water partition coefficient (Wildman–Crippen LogP) is 3.20. The van der Waals surface area contributed by atoms with Gasteiger partial charge in [0, 0.05) is 26.7 Å². The Morgan fingerprint density at radius 2 is 2.04 bits per heavy atom. The normalized spacial score (nSPS) is 20.3. The summed E-state index contributed by atoms with van der Waals surface area (Å²) in [7, 11) is 1.80. The van der Waals surface area contributed by atoms with Gasteiger partial charge in [-0.25, -0.2) is 0 Å². The van der Waals surface area contributed by atoms with Crippen molar-refractivity contribution in [3.8, 4) is 5.75 Å². The minimum absolute atomic E-state index is 0. The van der Waals surface area contributed by atoms with E-state index in [1.807, 2.05) is 30.3 Å². The third kappa shape index (κ3) is 7.70. The first-order valence-corrected chi connectivity index (χ1v) is 8.48. The molecule has 1 aromatic carbocycles. The van der Waals surface area contributed by atoms with Gasteiger partial charge in [0.25, 0.3) is 0 Å². The fourth-order valence-corrected chi connectivity index (χ4v) is 2.61. The number of rotatable bonds is 8. The standard InChI is InChI=1S/C18H29N3O2.HI/c1-18(11-8-14-23-18)15-21-17(19-2)20-12-6-7-13-22-16-9-4-3-5-10-16;/h3-5,9-10H,6-8,11-15H2,1-2H3,(H2,19,20,21);1H. The molecule has 1 unspecified atom stereocenters. The zero-order chi connectivity index (χ0) is 16.4. The van der Waals surface area contributed by atoms with Crippen molar-refractivity contribution in [2.75, 3.05) is 33.4 Å². The van der Waals surface area contributed by atoms with Crippen molar-refractivity contribution >= 4 is 29.9 Å². The third-order valence-electron chi connectivity index (χ3n) is 4.03. The molecular weight excluding hydrogens is 417 g/mol. The van der Waals surface area contributed by atoms with E-state index < -0.39 is 0 Å². The number of nitrogens with zero attached hydrogens (tertiary/aromatic N) is 1. The number of hydrogen-bond donors (Lipinski definition) is 2. The molecule has 0 radical (unpaired) electrons. The van der Waals surface area contributed by atoms with E-state index >= 15 is 0 Å². The van der Waals surface area contributed by atoms with Gasteiger partial charge in [-0.1, -0.05) is 18.2 Å². The highest BCUT2D eigenvalue weighted by Crippen LogP contribution is 2.23. The van der Waals surface area contributed by atoms with Gasteiger partial charge in [0.05, 0.1) is 12.2 Å². The van der Waals surface area contributed by atoms with Crippen molar-refractivity contribution in [1.82, 2.24) is 10.6 Å². The lowest BCUT2D eigenvalue weighted by Crippen LogP contribution is -2.45. The van der Waals surface area contributed by atoms with Crippen LogP contribution in [0.3, 0.4) is 0 Å². The largest absolute Gasteiger partial charge is 0.494 e. The molecule has 0 spiro atoms. The minimum atomic E-state index is -0.0544. The molecule has 2 rings (SSSR count). The van der Waals surface area contributed by atoms with Gasteiger partial charge in [-0.3, -0.25) is 4.99 Å². The fourth-order valence-electron chi connectivity index (χ4n) is 2.61. The average molecular weight is 447 g/mol. The quantitative estimate of drug-likeness (QED) is 0.278. The molecular formula is C18H30IN3O2. The Balaban J connectivity index is 0.00000288. The van der Waals surface area contributed by atoms with Crippen LogP contribution in [0.1, 0.15) is 32.6 Å². The summed E-state index contributed by atoms with van der Waals surface area (Å²) < 4.78 is 11.5. The number of ether oxygens (including phenoxy) is 2. The minimum Gasteiger partial charge on any atom is -0.494 e. The molecule has 5 nitrogen and oxygen atoms in total. The predicted molar refractivity (Wildman–Crippen MR) is 110 cm³/mol. The van der Waals surface area contributed by atoms with Crippen LogP contribution in [0.4, 0.5) is 0 Å². The Kier molecular flexibility index (Phi) is 10.1. The number of benzene rings is 1. The summed E-state index contributed by atoms with van der Waals surface area (Å²) in [6.45, 7) is 5.44. The monoisotopic (exact) mass is 447 g/mol. The molecule has 24 heavy (non-hydrogen) atoms. The van der Waals surface area contributed by atoms with Gasteiger partial charge in [0.2, 0.25) is 0 Å². The lowest BCUT2D eigenvalue weighted by Gasteiger charge is -2.24. The summed E-state index contributed by atoms with van der Waals surface area (Å²) in [6, 6.07) is 9.93. The number of aliphatic imine (C=N–C) groups is 1. The fraction of sp³-hybridized carbons (Fsp3) is 0.611. The highest BCUT2D eigenvalue weighted by atomic mass is 127. The van der Waals surface area contributed by atoms with Gasteiger partial charge >= 0.3 is 0 Å². The molecule has 0 saturated carbocycles. The summed E-state index contributed by atoms with van der Waals surface area (Å²) in [5, 5.41) is 6.69. The molecule has 1 aromatic rings. The van der Waals surface area contributed by atoms with Crippen molar-refractivity contribution in [3.63, 3.8) is 0 Å². The Morgan fingerprint density at radius 3 is 2.71 bits per heavy atom. The average Bonchev–Trinajstić information content (AvgIpc) is 3.01. The van der Waals surface area contributed by atoms with Crippen LogP contribution in [0.15, 0.2) is 35.3 Å². The SMILES string of the molecule is CN=C(NCCCCOc1ccccc1)NCC1(C)CCCO1.I. The molecule has 1 aliphatic heterocycles. The van der Waals surface area contributed by atoms with Gasteiger partial charge < -0.3 is 20.1 Å². The molecule has 1 aliphatic rings. The Labute approximate surface area is 162 Å². The number of nitrogens with one attached hydrogen (secondary N) is 2. The lowest BCUT2D eigenvalue weighted by atomic mass is 10.0. The Hall–Kier alpha value is -1.02. The summed E-state index contributed by atoms with van der Waals surface area (Å²) in [4.78, 5) is 4.25. The smallest absolute Gasteiger partial charge is 0.191 e. The van der Waals surface area contributed by atoms with Crippen LogP contribution in [0.5, 0.6) is 5.75 Å². The van der Waals surface area contributed by atoms with Crippen molar-refractivity contribution in [3.05, 3.63) is 30.3 Å². The molecule has 1 atom stereocenters. The lowest BCUT2D eigenvalue weighted by molar-refractivity contribution is 0.0243. The van der Waals surface area contributed by atoms with Crippen LogP contribution < -0.4 is 15.4 Å². The zero-order valence-electron chi connectivity index (χ0n) is 14.7. The first kappa shape index (κ1) is 21.0. The van der Waals surface area contributed by atoms with Gasteiger partial charge in [-0.2, -0.15) is 0 Å². The number of halogens is 1. The second kappa shape index (κ2) is 11.5. The van der Waals surface area contributed by atoms with E-state index in [4.69, 9.17) is 9.47 Å². The molecule has 0 aliphatic carbocycles. The van der Waals surface area contributed by atoms with Crippen LogP contribution in [0.25, 0.3) is 0 Å². The summed E-state index contributed by atoms with van der Waals surface area (Å²) in [5.74, 6) is 1.77. The van der Waals surface area contributed by atoms with E-state index in [1.54, 1.807) is 7.05 Å². The van der Waals surface area contributed by atoms with Crippen LogP contribution in [0, 0.1) is 0 Å². The number of hydrogen-bond acceptors (Lipinski definition) is 3. The first-order valence-electron chi connectivity index (χ1n) is 8.48. The summed E-state index contributed by atoms with van der Waals surface area (Å²) >= 11 is 0. The van der Waals surface area contributed by atoms with E-state index in [-0.39, 0.29) is 29.6 Å². The molecule has 1 saturated heterocycles. The van der Waals surface area contributed by atoms with Gasteiger partial charge in [-0.15, -0.1) is 24.0 Å². The molecule has 0 aromatic heterocycles. The van der Waals surface area contributed by atoms with E-state index in [0.29, 0.717) is 0 Å². The van der Waals surface area contributed by atoms with Gasteiger partial charge in [0.1, 0.15) is 5.75 Å². The molecule has 136 valence electrons. The maximum absolute atomic E-state index is 5.77. The van der Waals surface area contributed by atoms with Gasteiger partial charge in [0.15, 0.2) is 5.96 Å². The van der Waals surface area contributed by atoms with Crippen molar-refractivity contribution in [2.45, 2.75) is 38.2 Å². The highest BCUT2D eigenvalue weighted by molar-refractivity contribution is 14.0. The van der Waals surface area contributed by atoms with E-state index in [9.17, 15) is 0 Å². The molecule has 1 fully saturated rings. The highest BCUT2D eigenvalue weighted by Gasteiger charge is 2.29. The first-order chi connectivity index (χ1) is 11.2. The Bertz CT molecular complexity index is 476. The molecule has 6 heteroatoms. The van der Waals surface area contributed by atoms with E-state index in [2.05, 4.69) is 22.5 Å². The maximum atomic E-state index is 5.77. The number of para-hydroxylation sites is 1. The number of unbranched alkanes of at least 4 members (excludes halogenated alkanes) is 1. The Morgan fingerprint density at radius 1 is 1.25 bits per heavy atom. The molecule has 2 N–H and O–H groups in total. The van der Waals surface area contributed by atoms with Crippen molar-refractivity contribution in [2.24, 2.45) is 4.99 Å². The molecule has 0 bridgehead atoms. The maximum Gasteiger partial charge on any atom is 0.191 e. The van der Waals surface area contributed by atoms with Crippen LogP contribution >= 0.6 is 24.0 Å². The van der Waals surface area contributed by atoms with Crippen LogP contribution in [0.2, 0.25) is 0 Å². The van der Waals surface area contributed by atoms with Crippen molar-refractivity contribution in [1.29, 1.82) is 0 Å². The van der Waals surface area contributed by atoms with Crippen LogP contribution in [-0.2, 0) is 4.74 Å². The second-order valence-corrected chi connectivity index (χ2v) is 6.12. The zero-order valence-corrected chi connectivity index (χ0v) is 17.0. The third-order valence-corrected chi connectivity index (χ3v) is 4.03. The van der Waals surface area contributed by atoms with Gasteiger partial charge in [-0.05, 0) is 44.7 Å². The van der Waals surface area contributed by atoms with E-state index in [1.165, 1.54) is 0 Å². The molecule has 0 amide bonds. The van der Waals surface area contributed by atoms with E-state index in [0.717, 1.165) is 63.7 Å². The summed E-state index contributed by atoms with van der Waals surface area (Å²) in [5.41, 5.74) is -0.0544. The summed E-state index contributed by atoms with van der Waals surface area (Å²) in [6.07, 6.45) is 4.31. The van der Waals surface area contributed by atoms with Crippen molar-refractivity contribution < 1.29 is 9.47 Å². The second-order valence-electron chi connectivity index (χ2n) is 6.12. The van der Waals surface area contributed by atoms with Crippen LogP contribution in [-0.4, -0.2) is 44.9 Å². The topological polar surface area (TPSA) is 54.9 Å². The molecule has 1 heterocycles.